The fraction of sp³-hybridized carbons (Fsp3) is 0.222. The van der Waals surface area contributed by atoms with E-state index in [0.717, 1.165) is 12.1 Å². The largest absolute Gasteiger partial charge is 0.323 e. The molecule has 3 aromatic rings. The van der Waals surface area contributed by atoms with Crippen molar-refractivity contribution in [2.24, 2.45) is 0 Å². The number of aromatic nitrogens is 3. The third kappa shape index (κ3) is 3.60. The maximum absolute atomic E-state index is 13.5. The number of anilines is 2. The number of aromatic amines is 1. The summed E-state index contributed by atoms with van der Waals surface area (Å²) >= 11 is 0. The standard InChI is InChI=1S/C18H17F2N5O2S/c19-12-8-13(20)10-14(9-12)28(26,27)25-7-3-4-16(25)15-11-18(24-23-15)22-17-5-1-2-6-21-17/h1-2,5-6,8-11,16H,3-4,7H2,(H2,21,22,23,24)/t16-/m0/s1. The highest BCUT2D eigenvalue weighted by molar-refractivity contribution is 7.89. The van der Waals surface area contributed by atoms with E-state index in [1.165, 1.54) is 4.31 Å². The van der Waals surface area contributed by atoms with E-state index in [9.17, 15) is 17.2 Å². The molecule has 4 rings (SSSR count). The van der Waals surface area contributed by atoms with Gasteiger partial charge in [-0.2, -0.15) is 9.40 Å². The highest BCUT2D eigenvalue weighted by atomic mass is 32.2. The highest BCUT2D eigenvalue weighted by Crippen LogP contribution is 2.36. The molecule has 1 saturated heterocycles. The number of benzene rings is 1. The first kappa shape index (κ1) is 18.5. The van der Waals surface area contributed by atoms with Crippen molar-refractivity contribution in [3.8, 4) is 0 Å². The summed E-state index contributed by atoms with van der Waals surface area (Å²) in [5.41, 5.74) is 0.594. The first-order valence-corrected chi connectivity index (χ1v) is 10.1. The fourth-order valence-corrected chi connectivity index (χ4v) is 5.01. The summed E-state index contributed by atoms with van der Waals surface area (Å²) in [7, 11) is -4.06. The van der Waals surface area contributed by atoms with Crippen molar-refractivity contribution in [2.75, 3.05) is 11.9 Å². The van der Waals surface area contributed by atoms with Crippen molar-refractivity contribution in [3.05, 3.63) is 66.0 Å². The maximum Gasteiger partial charge on any atom is 0.243 e. The SMILES string of the molecule is O=S(=O)(c1cc(F)cc(F)c1)N1CCC[C@H]1c1cc(Nc2ccccn2)n[nH]1. The normalized spacial score (nSPS) is 17.7. The van der Waals surface area contributed by atoms with Gasteiger partial charge in [-0.05, 0) is 37.1 Å². The van der Waals surface area contributed by atoms with Crippen LogP contribution in [0.3, 0.4) is 0 Å². The number of H-pyrrole nitrogens is 1. The number of sulfonamides is 1. The number of nitrogens with one attached hydrogen (secondary N) is 2. The molecule has 2 aromatic heterocycles. The second kappa shape index (κ2) is 7.28. The van der Waals surface area contributed by atoms with Gasteiger partial charge < -0.3 is 5.32 Å². The topological polar surface area (TPSA) is 91.0 Å². The second-order valence-corrected chi connectivity index (χ2v) is 8.32. The van der Waals surface area contributed by atoms with Crippen molar-refractivity contribution in [1.29, 1.82) is 0 Å². The number of hydrogen-bond donors (Lipinski definition) is 2. The molecule has 1 fully saturated rings. The Morgan fingerprint density at radius 3 is 2.61 bits per heavy atom. The summed E-state index contributed by atoms with van der Waals surface area (Å²) in [5, 5.41) is 10.0. The number of pyridine rings is 1. The molecule has 0 bridgehead atoms. The van der Waals surface area contributed by atoms with Crippen LogP contribution in [0.2, 0.25) is 0 Å². The van der Waals surface area contributed by atoms with Crippen molar-refractivity contribution in [2.45, 2.75) is 23.8 Å². The van der Waals surface area contributed by atoms with Gasteiger partial charge in [0.25, 0.3) is 0 Å². The Morgan fingerprint density at radius 2 is 1.89 bits per heavy atom. The van der Waals surface area contributed by atoms with Gasteiger partial charge in [-0.1, -0.05) is 6.07 Å². The van der Waals surface area contributed by atoms with Crippen LogP contribution in [-0.4, -0.2) is 34.4 Å². The highest BCUT2D eigenvalue weighted by Gasteiger charge is 2.37. The Kier molecular flexibility index (Phi) is 4.82. The minimum atomic E-state index is -4.06. The van der Waals surface area contributed by atoms with Gasteiger partial charge in [-0.3, -0.25) is 5.10 Å². The van der Waals surface area contributed by atoms with Gasteiger partial charge in [0.2, 0.25) is 10.0 Å². The molecule has 1 aromatic carbocycles. The van der Waals surface area contributed by atoms with Crippen LogP contribution in [0.25, 0.3) is 0 Å². The minimum Gasteiger partial charge on any atom is -0.323 e. The lowest BCUT2D eigenvalue weighted by molar-refractivity contribution is 0.389. The van der Waals surface area contributed by atoms with Gasteiger partial charge in [0, 0.05) is 24.9 Å². The molecule has 146 valence electrons. The summed E-state index contributed by atoms with van der Waals surface area (Å²) in [4.78, 5) is 3.75. The van der Waals surface area contributed by atoms with Crippen LogP contribution in [0.15, 0.2) is 53.6 Å². The number of halogens is 2. The quantitative estimate of drug-likeness (QED) is 0.679. The molecule has 0 saturated carbocycles. The average molecular weight is 405 g/mol. The van der Waals surface area contributed by atoms with E-state index in [-0.39, 0.29) is 6.54 Å². The Labute approximate surface area is 160 Å². The van der Waals surface area contributed by atoms with Crippen LogP contribution in [-0.2, 0) is 10.0 Å². The van der Waals surface area contributed by atoms with Crippen LogP contribution in [0.4, 0.5) is 20.4 Å². The first-order valence-electron chi connectivity index (χ1n) is 8.65. The predicted molar refractivity (Wildman–Crippen MR) is 98.3 cm³/mol. The van der Waals surface area contributed by atoms with Crippen molar-refractivity contribution < 1.29 is 17.2 Å². The minimum absolute atomic E-state index is 0.257. The molecular weight excluding hydrogens is 388 g/mol. The summed E-state index contributed by atoms with van der Waals surface area (Å²) in [5.74, 6) is -0.767. The number of nitrogens with zero attached hydrogens (tertiary/aromatic N) is 3. The molecular formula is C18H17F2N5O2S. The smallest absolute Gasteiger partial charge is 0.243 e. The van der Waals surface area contributed by atoms with E-state index in [0.29, 0.717) is 36.2 Å². The molecule has 2 N–H and O–H groups in total. The van der Waals surface area contributed by atoms with Crippen molar-refractivity contribution in [3.63, 3.8) is 0 Å². The monoisotopic (exact) mass is 405 g/mol. The molecule has 1 aliphatic rings. The molecule has 0 spiro atoms. The molecule has 7 nitrogen and oxygen atoms in total. The molecule has 0 aliphatic carbocycles. The lowest BCUT2D eigenvalue weighted by atomic mass is 10.2. The lowest BCUT2D eigenvalue weighted by Gasteiger charge is -2.23. The van der Waals surface area contributed by atoms with E-state index in [4.69, 9.17) is 0 Å². The van der Waals surface area contributed by atoms with Gasteiger partial charge >= 0.3 is 0 Å². The molecule has 3 heterocycles. The van der Waals surface area contributed by atoms with Crippen LogP contribution in [0.1, 0.15) is 24.6 Å². The van der Waals surface area contributed by atoms with Gasteiger partial charge in [-0.25, -0.2) is 22.2 Å². The van der Waals surface area contributed by atoms with Gasteiger partial charge in [-0.15, -0.1) is 0 Å². The van der Waals surface area contributed by atoms with Gasteiger partial charge in [0.15, 0.2) is 5.82 Å². The third-order valence-electron chi connectivity index (χ3n) is 4.52. The van der Waals surface area contributed by atoms with E-state index >= 15 is 0 Å². The van der Waals surface area contributed by atoms with Gasteiger partial charge in [0.05, 0.1) is 16.6 Å². The summed E-state index contributed by atoms with van der Waals surface area (Å²) < 4.78 is 54.2. The Bertz CT molecular complexity index is 1070. The van der Waals surface area contributed by atoms with Crippen LogP contribution < -0.4 is 5.32 Å². The summed E-state index contributed by atoms with van der Waals surface area (Å²) in [6, 6.07) is 8.90. The van der Waals surface area contributed by atoms with Gasteiger partial charge in [0.1, 0.15) is 17.5 Å². The Hall–Kier alpha value is -2.85. The summed E-state index contributed by atoms with van der Waals surface area (Å²) in [6.07, 6.45) is 2.84. The van der Waals surface area contributed by atoms with Crippen LogP contribution in [0, 0.1) is 11.6 Å². The van der Waals surface area contributed by atoms with E-state index < -0.39 is 32.6 Å². The average Bonchev–Trinajstić information content (AvgIpc) is 3.31. The fourth-order valence-electron chi connectivity index (χ4n) is 3.29. The lowest BCUT2D eigenvalue weighted by Crippen LogP contribution is -2.31. The zero-order valence-electron chi connectivity index (χ0n) is 14.6. The van der Waals surface area contributed by atoms with Crippen LogP contribution in [0.5, 0.6) is 0 Å². The molecule has 1 aliphatic heterocycles. The Morgan fingerprint density at radius 1 is 1.11 bits per heavy atom. The molecule has 0 unspecified atom stereocenters. The summed E-state index contributed by atoms with van der Waals surface area (Å²) in [6.45, 7) is 0.257. The zero-order chi connectivity index (χ0) is 19.7. The maximum atomic E-state index is 13.5. The number of rotatable bonds is 5. The van der Waals surface area contributed by atoms with Crippen molar-refractivity contribution in [1.82, 2.24) is 19.5 Å². The zero-order valence-corrected chi connectivity index (χ0v) is 15.5. The molecule has 0 radical (unpaired) electrons. The molecule has 28 heavy (non-hydrogen) atoms. The van der Waals surface area contributed by atoms with Crippen molar-refractivity contribution >= 4 is 21.7 Å². The van der Waals surface area contributed by atoms with Crippen LogP contribution >= 0.6 is 0 Å². The molecule has 10 heteroatoms. The number of hydrogen-bond acceptors (Lipinski definition) is 5. The van der Waals surface area contributed by atoms with E-state index in [1.807, 2.05) is 6.07 Å². The third-order valence-corrected chi connectivity index (χ3v) is 6.41. The molecule has 0 amide bonds. The molecule has 1 atom stereocenters. The second-order valence-electron chi connectivity index (χ2n) is 6.43. The van der Waals surface area contributed by atoms with E-state index in [1.54, 1.807) is 24.4 Å². The first-order chi connectivity index (χ1) is 13.4. The Balaban J connectivity index is 1.60. The van der Waals surface area contributed by atoms with E-state index in [2.05, 4.69) is 20.5 Å². The predicted octanol–water partition coefficient (Wildman–Crippen LogP) is 3.35.